The summed E-state index contributed by atoms with van der Waals surface area (Å²) < 4.78 is 36.9. The predicted octanol–water partition coefficient (Wildman–Crippen LogP) is 4.80. The van der Waals surface area contributed by atoms with E-state index >= 15 is 0 Å². The lowest BCUT2D eigenvalue weighted by Crippen LogP contribution is -2.38. The zero-order chi connectivity index (χ0) is 24.5. The highest BCUT2D eigenvalue weighted by atomic mass is 19.3. The normalized spacial score (nSPS) is 13.7. The van der Waals surface area contributed by atoms with Crippen molar-refractivity contribution in [3.63, 3.8) is 0 Å². The number of nitrogens with zero attached hydrogens (tertiary/aromatic N) is 4. The van der Waals surface area contributed by atoms with Gasteiger partial charge in [-0.3, -0.25) is 14.8 Å². The number of oxazole rings is 1. The average molecular weight is 474 g/mol. The molecule has 0 bridgehead atoms. The third kappa shape index (κ3) is 5.56. The molecule has 2 N–H and O–H groups in total. The summed E-state index contributed by atoms with van der Waals surface area (Å²) in [6.07, 6.45) is 2.42. The van der Waals surface area contributed by atoms with E-state index in [-0.39, 0.29) is 17.3 Å². The van der Waals surface area contributed by atoms with Crippen LogP contribution in [0.25, 0.3) is 11.5 Å². The Kier molecular flexibility index (Phi) is 6.31. The van der Waals surface area contributed by atoms with Crippen LogP contribution in [0.2, 0.25) is 0 Å². The Bertz CT molecular complexity index is 1180. The summed E-state index contributed by atoms with van der Waals surface area (Å²) in [5.74, 6) is 0.112. The van der Waals surface area contributed by atoms with Gasteiger partial charge in [0.2, 0.25) is 5.89 Å². The van der Waals surface area contributed by atoms with E-state index in [1.54, 1.807) is 32.9 Å². The molecule has 0 saturated heterocycles. The lowest BCUT2D eigenvalue weighted by atomic mass is 10.2. The predicted molar refractivity (Wildman–Crippen MR) is 118 cm³/mol. The Morgan fingerprint density at radius 1 is 1.35 bits per heavy atom. The van der Waals surface area contributed by atoms with Crippen molar-refractivity contribution in [2.75, 3.05) is 16.8 Å². The molecule has 1 aliphatic carbocycles. The van der Waals surface area contributed by atoms with Crippen molar-refractivity contribution >= 4 is 23.5 Å². The zero-order valence-electron chi connectivity index (χ0n) is 18.8. The van der Waals surface area contributed by atoms with Gasteiger partial charge in [0.05, 0.1) is 11.9 Å². The van der Waals surface area contributed by atoms with Gasteiger partial charge in [-0.15, -0.1) is 0 Å². The number of rotatable bonds is 7. The topological polar surface area (TPSA) is 126 Å². The molecule has 3 aromatic rings. The monoisotopic (exact) mass is 474 g/mol. The number of amides is 2. The zero-order valence-corrected chi connectivity index (χ0v) is 18.8. The Labute approximate surface area is 193 Å². The van der Waals surface area contributed by atoms with E-state index < -0.39 is 29.7 Å². The van der Waals surface area contributed by atoms with Gasteiger partial charge in [0.1, 0.15) is 23.4 Å². The van der Waals surface area contributed by atoms with Crippen LogP contribution in [0.15, 0.2) is 35.2 Å². The van der Waals surface area contributed by atoms with Gasteiger partial charge in [0.15, 0.2) is 5.69 Å². The molecule has 0 spiro atoms. The molecule has 3 heterocycles. The molecule has 1 saturated carbocycles. The van der Waals surface area contributed by atoms with Gasteiger partial charge in [-0.2, -0.15) is 5.10 Å². The Morgan fingerprint density at radius 2 is 2.12 bits per heavy atom. The highest BCUT2D eigenvalue weighted by Crippen LogP contribution is 2.33. The minimum absolute atomic E-state index is 0.102. The number of anilines is 2. The number of hydrogen-bond donors (Lipinski definition) is 2. The van der Waals surface area contributed by atoms with Crippen LogP contribution in [0.1, 0.15) is 56.2 Å². The first kappa shape index (κ1) is 23.3. The van der Waals surface area contributed by atoms with Crippen LogP contribution < -0.4 is 10.2 Å². The van der Waals surface area contributed by atoms with Gasteiger partial charge in [-0.25, -0.2) is 23.5 Å². The number of nitrogens with one attached hydrogen (secondary N) is 2. The SMILES string of the molecule is CC(C)(C)OC(=O)N(CC1CC1)c1cc(-c2nc(C(=O)Nc3cn[nH]c3C(F)F)co2)ccn1. The van der Waals surface area contributed by atoms with Crippen molar-refractivity contribution in [2.45, 2.75) is 45.6 Å². The van der Waals surface area contributed by atoms with Crippen LogP contribution in [0, 0.1) is 5.92 Å². The maximum absolute atomic E-state index is 13.0. The second-order valence-corrected chi connectivity index (χ2v) is 8.93. The maximum Gasteiger partial charge on any atom is 0.416 e. The molecule has 180 valence electrons. The number of alkyl halides is 2. The van der Waals surface area contributed by atoms with Gasteiger partial charge in [-0.1, -0.05) is 0 Å². The second-order valence-electron chi connectivity index (χ2n) is 8.93. The first-order valence-corrected chi connectivity index (χ1v) is 10.7. The van der Waals surface area contributed by atoms with E-state index in [2.05, 4.69) is 25.5 Å². The Balaban J connectivity index is 1.53. The smallest absolute Gasteiger partial charge is 0.416 e. The van der Waals surface area contributed by atoms with Gasteiger partial charge in [0, 0.05) is 18.3 Å². The lowest BCUT2D eigenvalue weighted by Gasteiger charge is -2.27. The number of pyridine rings is 1. The first-order valence-electron chi connectivity index (χ1n) is 10.7. The lowest BCUT2D eigenvalue weighted by molar-refractivity contribution is 0.0577. The van der Waals surface area contributed by atoms with E-state index in [4.69, 9.17) is 9.15 Å². The number of hydrogen-bond acceptors (Lipinski definition) is 7. The molecule has 0 aliphatic heterocycles. The molecule has 0 radical (unpaired) electrons. The molecule has 4 rings (SSSR count). The van der Waals surface area contributed by atoms with Crippen LogP contribution in [0.4, 0.5) is 25.1 Å². The van der Waals surface area contributed by atoms with E-state index in [1.807, 2.05) is 0 Å². The number of ether oxygens (including phenoxy) is 1. The molecule has 1 fully saturated rings. The van der Waals surface area contributed by atoms with Crippen molar-refractivity contribution in [3.8, 4) is 11.5 Å². The largest absolute Gasteiger partial charge is 0.444 e. The molecule has 2 amide bonds. The van der Waals surface area contributed by atoms with Crippen LogP contribution in [0.3, 0.4) is 0 Å². The van der Waals surface area contributed by atoms with Crippen molar-refractivity contribution < 1.29 is 27.5 Å². The fourth-order valence-corrected chi connectivity index (χ4v) is 3.10. The number of carbonyl (C=O) groups excluding carboxylic acids is 2. The molecule has 12 heteroatoms. The molecule has 3 aromatic heterocycles. The quantitative estimate of drug-likeness (QED) is 0.504. The van der Waals surface area contributed by atoms with Crippen molar-refractivity contribution in [3.05, 3.63) is 42.2 Å². The summed E-state index contributed by atoms with van der Waals surface area (Å²) in [4.78, 5) is 35.2. The molecule has 34 heavy (non-hydrogen) atoms. The van der Waals surface area contributed by atoms with Gasteiger partial charge in [0.25, 0.3) is 12.3 Å². The summed E-state index contributed by atoms with van der Waals surface area (Å²) in [7, 11) is 0. The maximum atomic E-state index is 13.0. The van der Waals surface area contributed by atoms with Gasteiger partial charge < -0.3 is 14.5 Å². The fraction of sp³-hybridized carbons (Fsp3) is 0.409. The summed E-state index contributed by atoms with van der Waals surface area (Å²) in [5.41, 5.74) is -0.958. The van der Waals surface area contributed by atoms with Crippen LogP contribution >= 0.6 is 0 Å². The first-order chi connectivity index (χ1) is 16.1. The van der Waals surface area contributed by atoms with Crippen molar-refractivity contribution in [1.82, 2.24) is 20.2 Å². The van der Waals surface area contributed by atoms with Crippen LogP contribution in [-0.4, -0.2) is 44.3 Å². The van der Waals surface area contributed by atoms with Crippen molar-refractivity contribution in [1.29, 1.82) is 0 Å². The van der Waals surface area contributed by atoms with Crippen LogP contribution in [-0.2, 0) is 4.74 Å². The van der Waals surface area contributed by atoms with Crippen LogP contribution in [0.5, 0.6) is 0 Å². The molecule has 0 atom stereocenters. The summed E-state index contributed by atoms with van der Waals surface area (Å²) in [6, 6.07) is 3.23. The molecule has 10 nitrogen and oxygen atoms in total. The number of halogens is 2. The summed E-state index contributed by atoms with van der Waals surface area (Å²) in [6.45, 7) is 5.84. The van der Waals surface area contributed by atoms with Gasteiger partial charge in [-0.05, 0) is 51.7 Å². The Morgan fingerprint density at radius 3 is 2.79 bits per heavy atom. The number of aromatic amines is 1. The number of carbonyl (C=O) groups is 2. The van der Waals surface area contributed by atoms with Crippen molar-refractivity contribution in [2.24, 2.45) is 5.92 Å². The fourth-order valence-electron chi connectivity index (χ4n) is 3.10. The third-order valence-corrected chi connectivity index (χ3v) is 4.89. The van der Waals surface area contributed by atoms with E-state index in [0.717, 1.165) is 25.3 Å². The van der Waals surface area contributed by atoms with E-state index in [0.29, 0.717) is 23.8 Å². The van der Waals surface area contributed by atoms with E-state index in [1.165, 1.54) is 11.1 Å². The molecule has 0 unspecified atom stereocenters. The minimum atomic E-state index is -2.83. The van der Waals surface area contributed by atoms with E-state index in [9.17, 15) is 18.4 Å². The molecule has 1 aliphatic rings. The standard InChI is InChI=1S/C22H24F2N6O4/c1-22(2,3)34-21(32)30(10-12-4-5-12)16-8-13(6-7-25-16)20-28-15(11-33-20)19(31)27-14-9-26-29-17(14)18(23)24/h6-9,11-12,18H,4-5,10H2,1-3H3,(H,26,29)(H,27,31). The average Bonchev–Trinajstić information content (AvgIpc) is 3.24. The second kappa shape index (κ2) is 9.20. The summed E-state index contributed by atoms with van der Waals surface area (Å²) >= 11 is 0. The van der Waals surface area contributed by atoms with Gasteiger partial charge >= 0.3 is 6.09 Å². The Hall–Kier alpha value is -3.83. The number of aromatic nitrogens is 4. The molecular formula is C22H24F2N6O4. The minimum Gasteiger partial charge on any atom is -0.444 e. The summed E-state index contributed by atoms with van der Waals surface area (Å²) in [5, 5.41) is 7.99. The highest BCUT2D eigenvalue weighted by molar-refractivity contribution is 6.03. The molecule has 0 aromatic carbocycles. The number of H-pyrrole nitrogens is 1. The third-order valence-electron chi connectivity index (χ3n) is 4.89. The molecular weight excluding hydrogens is 450 g/mol. The highest BCUT2D eigenvalue weighted by Gasteiger charge is 2.31.